The molecule has 2 aromatic carbocycles. The average Bonchev–Trinajstić information content (AvgIpc) is 3.12. The van der Waals surface area contributed by atoms with Crippen LogP contribution in [0.1, 0.15) is 23.2 Å². The molecule has 4 nitrogen and oxygen atoms in total. The number of aromatic nitrogens is 1. The maximum Gasteiger partial charge on any atom is 0.416 e. The van der Waals surface area contributed by atoms with E-state index in [4.69, 9.17) is 0 Å². The minimum Gasteiger partial charge on any atom is -0.356 e. The molecule has 1 aromatic heterocycles. The van der Waals surface area contributed by atoms with Crippen LogP contribution in [0, 0.1) is 0 Å². The third kappa shape index (κ3) is 6.60. The lowest BCUT2D eigenvalue weighted by molar-refractivity contribution is -0.137. The van der Waals surface area contributed by atoms with E-state index in [1.165, 1.54) is 29.0 Å². The molecule has 0 radical (unpaired) electrons. The second-order valence-electron chi connectivity index (χ2n) is 6.46. The van der Waals surface area contributed by atoms with Crippen LogP contribution in [-0.4, -0.2) is 17.4 Å². The van der Waals surface area contributed by atoms with Gasteiger partial charge in [0.05, 0.1) is 17.7 Å². The van der Waals surface area contributed by atoms with E-state index < -0.39 is 11.7 Å². The van der Waals surface area contributed by atoms with Gasteiger partial charge in [-0.15, -0.1) is 11.3 Å². The molecule has 152 valence electrons. The first kappa shape index (κ1) is 20.9. The molecule has 8 heteroatoms. The Balaban J connectivity index is 1.45. The number of hydrogen-bond donors (Lipinski definition) is 2. The average molecular weight is 419 g/mol. The Morgan fingerprint density at radius 1 is 1.07 bits per heavy atom. The first-order valence-electron chi connectivity index (χ1n) is 9.09. The number of nitrogens with one attached hydrogen (secondary N) is 2. The summed E-state index contributed by atoms with van der Waals surface area (Å²) in [5.74, 6) is -0.131. The second kappa shape index (κ2) is 9.56. The highest BCUT2D eigenvalue weighted by molar-refractivity contribution is 7.13. The van der Waals surface area contributed by atoms with Gasteiger partial charge in [0.25, 0.3) is 0 Å². The Morgan fingerprint density at radius 3 is 2.62 bits per heavy atom. The largest absolute Gasteiger partial charge is 0.416 e. The van der Waals surface area contributed by atoms with E-state index in [1.807, 2.05) is 18.2 Å². The number of thiazole rings is 1. The summed E-state index contributed by atoms with van der Waals surface area (Å²) in [6, 6.07) is 15.0. The van der Waals surface area contributed by atoms with Crippen LogP contribution in [0.2, 0.25) is 0 Å². The summed E-state index contributed by atoms with van der Waals surface area (Å²) in [6.07, 6.45) is -2.53. The number of alkyl halides is 3. The second-order valence-corrected chi connectivity index (χ2v) is 7.32. The third-order valence-corrected chi connectivity index (χ3v) is 4.95. The molecule has 2 N–H and O–H groups in total. The molecule has 0 aliphatic heterocycles. The number of carbonyl (C=O) groups excluding carboxylic acids is 1. The van der Waals surface area contributed by atoms with Crippen molar-refractivity contribution in [3.63, 3.8) is 0 Å². The van der Waals surface area contributed by atoms with Crippen molar-refractivity contribution >= 4 is 28.1 Å². The number of aryl methyl sites for hydroxylation is 1. The van der Waals surface area contributed by atoms with Gasteiger partial charge in [-0.05, 0) is 36.6 Å². The van der Waals surface area contributed by atoms with E-state index in [0.29, 0.717) is 23.1 Å². The fraction of sp³-hybridized carbons (Fsp3) is 0.238. The number of amides is 1. The highest BCUT2D eigenvalue weighted by Gasteiger charge is 2.30. The van der Waals surface area contributed by atoms with Crippen molar-refractivity contribution in [2.75, 3.05) is 11.9 Å². The van der Waals surface area contributed by atoms with Crippen LogP contribution in [0.5, 0.6) is 0 Å². The van der Waals surface area contributed by atoms with Crippen LogP contribution in [-0.2, 0) is 23.8 Å². The Bertz CT molecular complexity index is 942. The minimum absolute atomic E-state index is 0.131. The Hall–Kier alpha value is -2.87. The van der Waals surface area contributed by atoms with E-state index in [0.717, 1.165) is 25.0 Å². The van der Waals surface area contributed by atoms with Crippen molar-refractivity contribution in [3.8, 4) is 0 Å². The molecule has 29 heavy (non-hydrogen) atoms. The number of halogens is 3. The van der Waals surface area contributed by atoms with Gasteiger partial charge in [0.2, 0.25) is 5.91 Å². The van der Waals surface area contributed by atoms with E-state index >= 15 is 0 Å². The molecule has 0 unspecified atom stereocenters. The maximum atomic E-state index is 12.8. The highest BCUT2D eigenvalue weighted by atomic mass is 32.1. The number of anilines is 2. The van der Waals surface area contributed by atoms with Gasteiger partial charge in [0, 0.05) is 17.6 Å². The Kier molecular flexibility index (Phi) is 6.87. The SMILES string of the molecule is O=C(Cc1csc(Nc2cccc(C(F)(F)F)c2)n1)NCCCc1ccccc1. The van der Waals surface area contributed by atoms with Crippen molar-refractivity contribution in [3.05, 3.63) is 76.8 Å². The maximum absolute atomic E-state index is 12.8. The standard InChI is InChI=1S/C21H20F3N3OS/c22-21(23,24)16-9-4-10-17(12-16)26-20-27-18(14-29-20)13-19(28)25-11-5-8-15-6-2-1-3-7-15/h1-4,6-7,9-10,12,14H,5,8,11,13H2,(H,25,28)(H,26,27). The first-order valence-corrected chi connectivity index (χ1v) is 9.97. The van der Waals surface area contributed by atoms with Crippen molar-refractivity contribution < 1.29 is 18.0 Å². The molecule has 1 heterocycles. The van der Waals surface area contributed by atoms with E-state index in [9.17, 15) is 18.0 Å². The van der Waals surface area contributed by atoms with Gasteiger partial charge in [0.1, 0.15) is 0 Å². The minimum atomic E-state index is -4.40. The fourth-order valence-electron chi connectivity index (χ4n) is 2.73. The van der Waals surface area contributed by atoms with Crippen molar-refractivity contribution in [2.24, 2.45) is 0 Å². The van der Waals surface area contributed by atoms with Crippen LogP contribution < -0.4 is 10.6 Å². The molecule has 0 saturated heterocycles. The van der Waals surface area contributed by atoms with Crippen LogP contribution in [0.4, 0.5) is 24.0 Å². The predicted octanol–water partition coefficient (Wildman–Crippen LogP) is 5.20. The van der Waals surface area contributed by atoms with E-state index in [-0.39, 0.29) is 12.3 Å². The van der Waals surface area contributed by atoms with Crippen molar-refractivity contribution in [1.29, 1.82) is 0 Å². The lowest BCUT2D eigenvalue weighted by atomic mass is 10.1. The first-order chi connectivity index (χ1) is 13.9. The smallest absolute Gasteiger partial charge is 0.356 e. The van der Waals surface area contributed by atoms with Gasteiger partial charge in [-0.1, -0.05) is 36.4 Å². The summed E-state index contributed by atoms with van der Waals surface area (Å²) >= 11 is 1.24. The summed E-state index contributed by atoms with van der Waals surface area (Å²) in [5, 5.41) is 7.88. The lowest BCUT2D eigenvalue weighted by Gasteiger charge is -2.09. The normalized spacial score (nSPS) is 11.3. The van der Waals surface area contributed by atoms with E-state index in [1.54, 1.807) is 5.38 Å². The van der Waals surface area contributed by atoms with Crippen LogP contribution >= 0.6 is 11.3 Å². The molecular weight excluding hydrogens is 399 g/mol. The quantitative estimate of drug-likeness (QED) is 0.494. The molecule has 0 aliphatic carbocycles. The number of rotatable bonds is 8. The van der Waals surface area contributed by atoms with Crippen molar-refractivity contribution in [2.45, 2.75) is 25.4 Å². The zero-order valence-electron chi connectivity index (χ0n) is 15.5. The van der Waals surface area contributed by atoms with Gasteiger partial charge < -0.3 is 10.6 Å². The summed E-state index contributed by atoms with van der Waals surface area (Å²) in [5.41, 5.74) is 1.37. The van der Waals surface area contributed by atoms with Gasteiger partial charge >= 0.3 is 6.18 Å². The molecule has 0 fully saturated rings. The summed E-state index contributed by atoms with van der Waals surface area (Å²) in [6.45, 7) is 0.577. The monoisotopic (exact) mass is 419 g/mol. The zero-order chi connectivity index (χ0) is 20.7. The number of carbonyl (C=O) groups is 1. The van der Waals surface area contributed by atoms with Gasteiger partial charge in [0.15, 0.2) is 5.13 Å². The van der Waals surface area contributed by atoms with Gasteiger partial charge in [-0.25, -0.2) is 4.98 Å². The molecule has 0 saturated carbocycles. The lowest BCUT2D eigenvalue weighted by Crippen LogP contribution is -2.26. The molecule has 3 rings (SSSR count). The highest BCUT2D eigenvalue weighted by Crippen LogP contribution is 2.31. The zero-order valence-corrected chi connectivity index (χ0v) is 16.3. The molecular formula is C21H20F3N3OS. The number of benzene rings is 2. The van der Waals surface area contributed by atoms with Gasteiger partial charge in [-0.3, -0.25) is 4.79 Å². The Labute approximate surface area is 170 Å². The number of hydrogen-bond acceptors (Lipinski definition) is 4. The van der Waals surface area contributed by atoms with Crippen molar-refractivity contribution in [1.82, 2.24) is 10.3 Å². The fourth-order valence-corrected chi connectivity index (χ4v) is 3.46. The van der Waals surface area contributed by atoms with Crippen LogP contribution in [0.25, 0.3) is 0 Å². The Morgan fingerprint density at radius 2 is 1.86 bits per heavy atom. The molecule has 3 aromatic rings. The molecule has 0 aliphatic rings. The predicted molar refractivity (Wildman–Crippen MR) is 108 cm³/mol. The summed E-state index contributed by atoms with van der Waals surface area (Å²) in [4.78, 5) is 16.3. The van der Waals surface area contributed by atoms with Crippen LogP contribution in [0.15, 0.2) is 60.0 Å². The molecule has 0 atom stereocenters. The van der Waals surface area contributed by atoms with Gasteiger partial charge in [-0.2, -0.15) is 13.2 Å². The van der Waals surface area contributed by atoms with E-state index in [2.05, 4.69) is 27.8 Å². The third-order valence-electron chi connectivity index (χ3n) is 4.14. The topological polar surface area (TPSA) is 54.0 Å². The summed E-state index contributed by atoms with van der Waals surface area (Å²) < 4.78 is 38.4. The number of nitrogens with zero attached hydrogens (tertiary/aromatic N) is 1. The molecule has 0 spiro atoms. The molecule has 0 bridgehead atoms. The molecule has 1 amide bonds. The van der Waals surface area contributed by atoms with Crippen LogP contribution in [0.3, 0.4) is 0 Å². The summed E-state index contributed by atoms with van der Waals surface area (Å²) in [7, 11) is 0.